The Morgan fingerprint density at radius 1 is 1.32 bits per heavy atom. The summed E-state index contributed by atoms with van der Waals surface area (Å²) in [6.45, 7) is 1.93. The van der Waals surface area contributed by atoms with E-state index >= 15 is 0 Å². The van der Waals surface area contributed by atoms with Crippen LogP contribution in [0.3, 0.4) is 0 Å². The minimum atomic E-state index is -0.553. The van der Waals surface area contributed by atoms with Crippen LogP contribution in [0, 0.1) is 6.92 Å². The number of benzene rings is 2. The van der Waals surface area contributed by atoms with Crippen LogP contribution in [0.1, 0.15) is 27.0 Å². The predicted octanol–water partition coefficient (Wildman–Crippen LogP) is 3.23. The maximum atomic E-state index is 11.9. The first kappa shape index (κ1) is 20.0. The molecule has 1 amide bonds. The lowest BCUT2D eigenvalue weighted by molar-refractivity contribution is -0.120. The van der Waals surface area contributed by atoms with Crippen LogP contribution in [0.4, 0.5) is 5.69 Å². The number of carbonyl (C=O) groups excluding carboxylic acids is 2. The zero-order valence-corrected chi connectivity index (χ0v) is 16.3. The number of fused-ring (bicyclic) bond motifs is 1. The molecule has 148 valence electrons. The Balaban J connectivity index is 1.61. The number of ether oxygens (including phenoxy) is 3. The first-order valence-electron chi connectivity index (χ1n) is 8.64. The number of cyclic esters (lactones) is 1. The number of halogens is 1. The SMILES string of the molecule is COc1c(C)c2c(c(O)c1CCOCC(=O)Nc1ccc(Cl)cc1)C(=O)OC2. The Morgan fingerprint density at radius 3 is 2.71 bits per heavy atom. The third kappa shape index (κ3) is 4.05. The summed E-state index contributed by atoms with van der Waals surface area (Å²) in [6, 6.07) is 6.73. The molecule has 0 unspecified atom stereocenters. The second kappa shape index (κ2) is 8.50. The number of hydrogen-bond acceptors (Lipinski definition) is 6. The lowest BCUT2D eigenvalue weighted by Gasteiger charge is -2.16. The van der Waals surface area contributed by atoms with E-state index in [1.807, 2.05) is 6.92 Å². The van der Waals surface area contributed by atoms with Gasteiger partial charge in [0.05, 0.1) is 13.7 Å². The highest BCUT2D eigenvalue weighted by atomic mass is 35.5. The third-order valence-electron chi connectivity index (χ3n) is 4.51. The van der Waals surface area contributed by atoms with E-state index in [0.717, 1.165) is 5.56 Å². The van der Waals surface area contributed by atoms with Crippen molar-refractivity contribution in [3.05, 3.63) is 51.5 Å². The molecule has 2 aromatic carbocycles. The maximum Gasteiger partial charge on any atom is 0.342 e. The smallest absolute Gasteiger partial charge is 0.342 e. The van der Waals surface area contributed by atoms with Gasteiger partial charge < -0.3 is 24.6 Å². The van der Waals surface area contributed by atoms with Gasteiger partial charge in [0, 0.05) is 28.3 Å². The van der Waals surface area contributed by atoms with E-state index in [-0.39, 0.29) is 43.5 Å². The molecule has 0 spiro atoms. The molecule has 3 rings (SSSR count). The largest absolute Gasteiger partial charge is 0.507 e. The van der Waals surface area contributed by atoms with Crippen LogP contribution in [0.15, 0.2) is 24.3 Å². The number of amides is 1. The van der Waals surface area contributed by atoms with Crippen LogP contribution < -0.4 is 10.1 Å². The van der Waals surface area contributed by atoms with Crippen LogP contribution in [0.2, 0.25) is 5.02 Å². The molecule has 7 nitrogen and oxygen atoms in total. The fourth-order valence-corrected chi connectivity index (χ4v) is 3.27. The van der Waals surface area contributed by atoms with Crippen molar-refractivity contribution >= 4 is 29.2 Å². The van der Waals surface area contributed by atoms with Crippen molar-refractivity contribution in [2.24, 2.45) is 0 Å². The van der Waals surface area contributed by atoms with Gasteiger partial charge in [0.2, 0.25) is 5.91 Å². The number of esters is 1. The molecule has 0 saturated heterocycles. The van der Waals surface area contributed by atoms with Crippen LogP contribution in [-0.2, 0) is 27.3 Å². The van der Waals surface area contributed by atoms with Gasteiger partial charge in [-0.25, -0.2) is 4.79 Å². The molecule has 2 N–H and O–H groups in total. The van der Waals surface area contributed by atoms with Gasteiger partial charge in [0.15, 0.2) is 0 Å². The van der Waals surface area contributed by atoms with Crippen molar-refractivity contribution < 1.29 is 28.9 Å². The summed E-state index contributed by atoms with van der Waals surface area (Å²) in [5, 5.41) is 13.8. The van der Waals surface area contributed by atoms with Crippen molar-refractivity contribution in [1.82, 2.24) is 0 Å². The van der Waals surface area contributed by atoms with E-state index in [4.69, 9.17) is 25.8 Å². The van der Waals surface area contributed by atoms with Gasteiger partial charge in [-0.05, 0) is 36.8 Å². The normalized spacial score (nSPS) is 12.5. The van der Waals surface area contributed by atoms with E-state index in [1.165, 1.54) is 7.11 Å². The molecule has 1 heterocycles. The fourth-order valence-electron chi connectivity index (χ4n) is 3.14. The summed E-state index contributed by atoms with van der Waals surface area (Å²) in [7, 11) is 1.50. The van der Waals surface area contributed by atoms with Gasteiger partial charge in [0.1, 0.15) is 30.3 Å². The molecule has 0 aromatic heterocycles. The number of phenolic OH excluding ortho intramolecular Hbond substituents is 1. The van der Waals surface area contributed by atoms with E-state index < -0.39 is 5.97 Å². The Morgan fingerprint density at radius 2 is 2.04 bits per heavy atom. The Labute approximate surface area is 167 Å². The third-order valence-corrected chi connectivity index (χ3v) is 4.76. The minimum absolute atomic E-state index is 0.117. The first-order chi connectivity index (χ1) is 13.4. The standard InChI is InChI=1S/C20H20ClNO6/c1-11-15-9-28-20(25)17(15)18(24)14(19(11)26-2)7-8-27-10-16(23)22-13-5-3-12(21)4-6-13/h3-6,24H,7-10H2,1-2H3,(H,22,23). The molecule has 28 heavy (non-hydrogen) atoms. The summed E-state index contributed by atoms with van der Waals surface area (Å²) in [4.78, 5) is 23.8. The quantitative estimate of drug-likeness (QED) is 0.542. The molecule has 0 saturated carbocycles. The molecule has 0 radical (unpaired) electrons. The van der Waals surface area contributed by atoms with Gasteiger partial charge in [-0.2, -0.15) is 0 Å². The number of phenols is 1. The summed E-state index contributed by atoms with van der Waals surface area (Å²) >= 11 is 5.80. The maximum absolute atomic E-state index is 11.9. The van der Waals surface area contributed by atoms with Gasteiger partial charge in [-0.3, -0.25) is 4.79 Å². The van der Waals surface area contributed by atoms with E-state index in [1.54, 1.807) is 24.3 Å². The minimum Gasteiger partial charge on any atom is -0.507 e. The molecule has 0 fully saturated rings. The molecule has 2 aromatic rings. The van der Waals surface area contributed by atoms with Crippen LogP contribution >= 0.6 is 11.6 Å². The van der Waals surface area contributed by atoms with Gasteiger partial charge in [0.25, 0.3) is 0 Å². The number of anilines is 1. The highest BCUT2D eigenvalue weighted by molar-refractivity contribution is 6.30. The highest BCUT2D eigenvalue weighted by Gasteiger charge is 2.32. The molecule has 0 bridgehead atoms. The molecule has 8 heteroatoms. The summed E-state index contributed by atoms with van der Waals surface area (Å²) < 4.78 is 15.8. The van der Waals surface area contributed by atoms with Crippen LogP contribution in [0.25, 0.3) is 0 Å². The van der Waals surface area contributed by atoms with Crippen molar-refractivity contribution in [2.75, 3.05) is 25.6 Å². The van der Waals surface area contributed by atoms with Crippen LogP contribution in [-0.4, -0.2) is 37.3 Å². The van der Waals surface area contributed by atoms with E-state index in [2.05, 4.69) is 5.32 Å². The molecular weight excluding hydrogens is 386 g/mol. The number of aromatic hydroxyl groups is 1. The van der Waals surface area contributed by atoms with Gasteiger partial charge >= 0.3 is 5.97 Å². The second-order valence-corrected chi connectivity index (χ2v) is 6.71. The van der Waals surface area contributed by atoms with Crippen LogP contribution in [0.5, 0.6) is 11.5 Å². The molecule has 1 aliphatic rings. The van der Waals surface area contributed by atoms with Crippen molar-refractivity contribution in [3.8, 4) is 11.5 Å². The number of nitrogens with one attached hydrogen (secondary N) is 1. The van der Waals surface area contributed by atoms with E-state index in [0.29, 0.717) is 27.6 Å². The predicted molar refractivity (Wildman–Crippen MR) is 103 cm³/mol. The first-order valence-corrected chi connectivity index (χ1v) is 9.01. The number of hydrogen-bond donors (Lipinski definition) is 2. The summed E-state index contributed by atoms with van der Waals surface area (Å²) in [5.41, 5.74) is 2.62. The Hall–Kier alpha value is -2.77. The fraction of sp³-hybridized carbons (Fsp3) is 0.300. The zero-order chi connectivity index (χ0) is 20.3. The number of rotatable bonds is 7. The summed E-state index contributed by atoms with van der Waals surface area (Å²) in [5.74, 6) is -0.534. The number of methoxy groups -OCH3 is 1. The number of carbonyl (C=O) groups is 2. The van der Waals surface area contributed by atoms with Gasteiger partial charge in [-0.15, -0.1) is 0 Å². The molecular formula is C20H20ClNO6. The van der Waals surface area contributed by atoms with Gasteiger partial charge in [-0.1, -0.05) is 11.6 Å². The van der Waals surface area contributed by atoms with Crippen molar-refractivity contribution in [1.29, 1.82) is 0 Å². The molecule has 0 atom stereocenters. The second-order valence-electron chi connectivity index (χ2n) is 6.27. The lowest BCUT2D eigenvalue weighted by atomic mass is 9.95. The highest BCUT2D eigenvalue weighted by Crippen LogP contribution is 2.41. The molecule has 0 aliphatic carbocycles. The molecule has 1 aliphatic heterocycles. The van der Waals surface area contributed by atoms with E-state index in [9.17, 15) is 14.7 Å². The monoisotopic (exact) mass is 405 g/mol. The van der Waals surface area contributed by atoms with Crippen molar-refractivity contribution in [2.45, 2.75) is 20.0 Å². The average Bonchev–Trinajstić information content (AvgIpc) is 3.06. The Kier molecular flexibility index (Phi) is 6.06. The van der Waals surface area contributed by atoms with Crippen molar-refractivity contribution in [3.63, 3.8) is 0 Å². The topological polar surface area (TPSA) is 94.1 Å². The Bertz CT molecular complexity index is 910. The lowest BCUT2D eigenvalue weighted by Crippen LogP contribution is -2.19. The average molecular weight is 406 g/mol. The zero-order valence-electron chi connectivity index (χ0n) is 15.5. The summed E-state index contributed by atoms with van der Waals surface area (Å²) in [6.07, 6.45) is 0.268.